The third-order valence-corrected chi connectivity index (χ3v) is 5.30. The molecule has 0 aliphatic rings. The molecule has 0 spiro atoms. The zero-order valence-corrected chi connectivity index (χ0v) is 16.3. The second-order valence-electron chi connectivity index (χ2n) is 6.97. The highest BCUT2D eigenvalue weighted by Gasteiger charge is 2.21. The lowest BCUT2D eigenvalue weighted by atomic mass is 9.87. The normalized spacial score (nSPS) is 11.5. The molecular weight excluding hydrogens is 368 g/mol. The fourth-order valence-corrected chi connectivity index (χ4v) is 3.96. The van der Waals surface area contributed by atoms with Crippen LogP contribution in [0.25, 0.3) is 11.3 Å². The van der Waals surface area contributed by atoms with Crippen LogP contribution in [-0.4, -0.2) is 5.11 Å². The molecule has 0 unspecified atom stereocenters. The first-order chi connectivity index (χ1) is 12.3. The Balaban J connectivity index is 2.03. The maximum Gasteiger partial charge on any atom is 0.354 e. The third-order valence-electron chi connectivity index (χ3n) is 3.90. The van der Waals surface area contributed by atoms with E-state index in [0.29, 0.717) is 10.6 Å². The first kappa shape index (κ1) is 18.6. The molecule has 0 saturated carbocycles. The van der Waals surface area contributed by atoms with Crippen LogP contribution in [0.3, 0.4) is 0 Å². The van der Waals surface area contributed by atoms with Gasteiger partial charge in [0.1, 0.15) is 16.4 Å². The molecule has 5 heteroatoms. The molecular formula is C21H19ClO3S. The summed E-state index contributed by atoms with van der Waals surface area (Å²) in [6.45, 7) is 6.32. The average molecular weight is 387 g/mol. The lowest BCUT2D eigenvalue weighted by Crippen LogP contribution is -2.12. The fourth-order valence-electron chi connectivity index (χ4n) is 2.63. The van der Waals surface area contributed by atoms with Crippen molar-refractivity contribution in [2.45, 2.75) is 36.0 Å². The molecule has 3 rings (SSSR count). The van der Waals surface area contributed by atoms with Gasteiger partial charge in [0, 0.05) is 21.5 Å². The Morgan fingerprint density at radius 2 is 1.77 bits per heavy atom. The topological polar surface area (TPSA) is 50.4 Å². The quantitative estimate of drug-likeness (QED) is 0.589. The van der Waals surface area contributed by atoms with Gasteiger partial charge in [0.25, 0.3) is 0 Å². The molecule has 0 saturated heterocycles. The summed E-state index contributed by atoms with van der Waals surface area (Å²) in [5.41, 5.74) is 1.08. The van der Waals surface area contributed by atoms with Gasteiger partial charge in [-0.2, -0.15) is 0 Å². The number of halogens is 1. The molecule has 0 atom stereocenters. The maximum atomic E-state index is 12.5. The molecule has 134 valence electrons. The lowest BCUT2D eigenvalue weighted by Gasteiger charge is -2.22. The largest absolute Gasteiger partial charge is 0.506 e. The molecule has 0 bridgehead atoms. The van der Waals surface area contributed by atoms with Gasteiger partial charge in [-0.3, -0.25) is 0 Å². The second kappa shape index (κ2) is 7.22. The Bertz CT molecular complexity index is 1000. The highest BCUT2D eigenvalue weighted by molar-refractivity contribution is 7.99. The average Bonchev–Trinajstić information content (AvgIpc) is 2.57. The van der Waals surface area contributed by atoms with Crippen LogP contribution >= 0.6 is 23.4 Å². The summed E-state index contributed by atoms with van der Waals surface area (Å²) >= 11 is 7.21. The summed E-state index contributed by atoms with van der Waals surface area (Å²) < 4.78 is 5.43. The van der Waals surface area contributed by atoms with Crippen molar-refractivity contribution in [3.05, 3.63) is 75.6 Å². The molecule has 1 heterocycles. The number of hydrogen-bond acceptors (Lipinski definition) is 4. The van der Waals surface area contributed by atoms with E-state index >= 15 is 0 Å². The standard InChI is InChI=1S/C21H19ClO3S/c1-21(2,3)15-9-4-5-10-18(15)26-19-16(23)12-17(25-20(19)24)13-7-6-8-14(22)11-13/h4-12,23H,1-3H3. The van der Waals surface area contributed by atoms with Gasteiger partial charge < -0.3 is 9.52 Å². The first-order valence-electron chi connectivity index (χ1n) is 8.16. The monoisotopic (exact) mass is 386 g/mol. The fraction of sp³-hybridized carbons (Fsp3) is 0.190. The SMILES string of the molecule is CC(C)(C)c1ccccc1Sc1c(O)cc(-c2cccc(Cl)c2)oc1=O. The second-order valence-corrected chi connectivity index (χ2v) is 8.46. The molecule has 3 nitrogen and oxygen atoms in total. The van der Waals surface area contributed by atoms with Gasteiger partial charge in [0.15, 0.2) is 0 Å². The van der Waals surface area contributed by atoms with E-state index in [1.165, 1.54) is 17.8 Å². The summed E-state index contributed by atoms with van der Waals surface area (Å²) in [6.07, 6.45) is 0. The van der Waals surface area contributed by atoms with Crippen LogP contribution in [-0.2, 0) is 5.41 Å². The van der Waals surface area contributed by atoms with Crippen molar-refractivity contribution < 1.29 is 9.52 Å². The van der Waals surface area contributed by atoms with Crippen LogP contribution < -0.4 is 5.63 Å². The van der Waals surface area contributed by atoms with E-state index in [2.05, 4.69) is 20.8 Å². The zero-order valence-electron chi connectivity index (χ0n) is 14.7. The van der Waals surface area contributed by atoms with Gasteiger partial charge >= 0.3 is 5.63 Å². The predicted octanol–water partition coefficient (Wildman–Crippen LogP) is 6.11. The van der Waals surface area contributed by atoms with Gasteiger partial charge in [-0.1, -0.05) is 74.5 Å². The van der Waals surface area contributed by atoms with Crippen LogP contribution in [0.2, 0.25) is 5.02 Å². The van der Waals surface area contributed by atoms with Crippen LogP contribution in [0.15, 0.2) is 73.6 Å². The molecule has 0 aliphatic heterocycles. The van der Waals surface area contributed by atoms with Crippen LogP contribution in [0.4, 0.5) is 0 Å². The molecule has 0 fully saturated rings. The number of hydrogen-bond donors (Lipinski definition) is 1. The highest BCUT2D eigenvalue weighted by Crippen LogP contribution is 2.39. The summed E-state index contributed by atoms with van der Waals surface area (Å²) in [4.78, 5) is 13.6. The Hall–Kier alpha value is -2.17. The van der Waals surface area contributed by atoms with Gasteiger partial charge in [-0.15, -0.1) is 0 Å². The number of rotatable bonds is 3. The van der Waals surface area contributed by atoms with Crippen LogP contribution in [0.1, 0.15) is 26.3 Å². The van der Waals surface area contributed by atoms with Crippen molar-refractivity contribution in [2.24, 2.45) is 0 Å². The van der Waals surface area contributed by atoms with Crippen molar-refractivity contribution >= 4 is 23.4 Å². The predicted molar refractivity (Wildman–Crippen MR) is 106 cm³/mol. The molecule has 0 amide bonds. The zero-order chi connectivity index (χ0) is 18.9. The van der Waals surface area contributed by atoms with Gasteiger partial charge in [-0.05, 0) is 29.2 Å². The van der Waals surface area contributed by atoms with Crippen molar-refractivity contribution in [1.82, 2.24) is 0 Å². The van der Waals surface area contributed by atoms with Gasteiger partial charge in [-0.25, -0.2) is 4.79 Å². The molecule has 26 heavy (non-hydrogen) atoms. The molecule has 0 aliphatic carbocycles. The van der Waals surface area contributed by atoms with Crippen LogP contribution in [0.5, 0.6) is 5.75 Å². The molecule has 1 aromatic heterocycles. The molecule has 2 aromatic carbocycles. The van der Waals surface area contributed by atoms with Crippen molar-refractivity contribution in [1.29, 1.82) is 0 Å². The minimum absolute atomic E-state index is 0.0832. The van der Waals surface area contributed by atoms with E-state index in [1.54, 1.807) is 24.3 Å². The summed E-state index contributed by atoms with van der Waals surface area (Å²) in [5, 5.41) is 11.0. The first-order valence-corrected chi connectivity index (χ1v) is 9.35. The highest BCUT2D eigenvalue weighted by atomic mass is 35.5. The third kappa shape index (κ3) is 3.97. The number of aromatic hydroxyl groups is 1. The maximum absolute atomic E-state index is 12.5. The Morgan fingerprint density at radius 1 is 1.04 bits per heavy atom. The van der Waals surface area contributed by atoms with Crippen molar-refractivity contribution in [2.75, 3.05) is 0 Å². The molecule has 3 aromatic rings. The van der Waals surface area contributed by atoms with E-state index in [0.717, 1.165) is 10.5 Å². The van der Waals surface area contributed by atoms with Crippen molar-refractivity contribution in [3.8, 4) is 17.1 Å². The smallest absolute Gasteiger partial charge is 0.354 e. The lowest BCUT2D eigenvalue weighted by molar-refractivity contribution is 0.430. The van der Waals surface area contributed by atoms with Crippen molar-refractivity contribution in [3.63, 3.8) is 0 Å². The van der Waals surface area contributed by atoms with Gasteiger partial charge in [0.05, 0.1) is 0 Å². The van der Waals surface area contributed by atoms with E-state index in [-0.39, 0.29) is 21.8 Å². The van der Waals surface area contributed by atoms with E-state index < -0.39 is 5.63 Å². The van der Waals surface area contributed by atoms with E-state index in [4.69, 9.17) is 16.0 Å². The summed E-state index contributed by atoms with van der Waals surface area (Å²) in [5.74, 6) is 0.174. The van der Waals surface area contributed by atoms with E-state index in [1.807, 2.05) is 24.3 Å². The molecule has 1 N–H and O–H groups in total. The Morgan fingerprint density at radius 3 is 2.42 bits per heavy atom. The minimum atomic E-state index is -0.575. The summed E-state index contributed by atoms with van der Waals surface area (Å²) in [7, 11) is 0. The van der Waals surface area contributed by atoms with E-state index in [9.17, 15) is 9.90 Å². The molecule has 0 radical (unpaired) electrons. The Labute approximate surface area is 161 Å². The number of benzene rings is 2. The minimum Gasteiger partial charge on any atom is -0.506 e. The van der Waals surface area contributed by atoms with Crippen LogP contribution in [0, 0.1) is 0 Å². The van der Waals surface area contributed by atoms with Gasteiger partial charge in [0.2, 0.25) is 0 Å². The Kier molecular flexibility index (Phi) is 5.17. The summed E-state index contributed by atoms with van der Waals surface area (Å²) in [6, 6.07) is 16.2.